The Balaban J connectivity index is 3.90. The topological polar surface area (TPSA) is 54.4 Å². The molecule has 0 amide bonds. The van der Waals surface area contributed by atoms with E-state index in [1.54, 1.807) is 0 Å². The number of aliphatic carboxylic acids is 1. The fraction of sp³-hybridized carbons (Fsp3) is 0. The van der Waals surface area contributed by atoms with E-state index in [0.717, 1.165) is 12.2 Å². The van der Waals surface area contributed by atoms with E-state index in [-0.39, 0.29) is 5.78 Å². The van der Waals surface area contributed by atoms with Gasteiger partial charge >= 0.3 is 5.97 Å². The van der Waals surface area contributed by atoms with Gasteiger partial charge in [-0.3, -0.25) is 4.79 Å². The third-order valence-corrected chi connectivity index (χ3v) is 0.882. The van der Waals surface area contributed by atoms with Crippen LogP contribution in [0.2, 0.25) is 0 Å². The molecule has 0 unspecified atom stereocenters. The van der Waals surface area contributed by atoms with Crippen molar-refractivity contribution in [3.8, 4) is 0 Å². The van der Waals surface area contributed by atoms with Crippen LogP contribution in [-0.2, 0) is 9.59 Å². The predicted octanol–water partition coefficient (Wildman–Crippen LogP) is 1.10. The highest BCUT2D eigenvalue weighted by Crippen LogP contribution is 1.85. The third-order valence-electron chi connectivity index (χ3n) is 0.617. The molecule has 3 nitrogen and oxygen atoms in total. The lowest BCUT2D eigenvalue weighted by Gasteiger charge is -1.77. The number of carbonyl (C=O) groups excluding carboxylic acids is 1. The molecule has 0 aliphatic carbocycles. The van der Waals surface area contributed by atoms with Crippen LogP contribution >= 0.6 is 15.9 Å². The number of ketones is 1. The fourth-order valence-corrected chi connectivity index (χ4v) is 0.532. The summed E-state index contributed by atoms with van der Waals surface area (Å²) in [5, 5.41) is 8.06. The van der Waals surface area contributed by atoms with Gasteiger partial charge in [-0.1, -0.05) is 15.9 Å². The maximum absolute atomic E-state index is 10.5. The van der Waals surface area contributed by atoms with Crippen LogP contribution in [0.5, 0.6) is 0 Å². The molecule has 0 fully saturated rings. The van der Waals surface area contributed by atoms with Crippen LogP contribution in [0.15, 0.2) is 23.2 Å². The summed E-state index contributed by atoms with van der Waals surface area (Å²) in [5.74, 6) is -1.49. The van der Waals surface area contributed by atoms with E-state index in [1.807, 2.05) is 0 Å². The average Bonchev–Trinajstić information content (AvgIpc) is 1.85. The van der Waals surface area contributed by atoms with E-state index >= 15 is 0 Å². The van der Waals surface area contributed by atoms with Gasteiger partial charge in [0.15, 0.2) is 5.78 Å². The Morgan fingerprint density at radius 3 is 2.20 bits per heavy atom. The molecule has 1 N–H and O–H groups in total. The fourth-order valence-electron chi connectivity index (χ4n) is 0.271. The summed E-state index contributed by atoms with van der Waals surface area (Å²) in [6.07, 6.45) is 2.97. The van der Waals surface area contributed by atoms with Crippen molar-refractivity contribution >= 4 is 27.7 Å². The first-order chi connectivity index (χ1) is 4.66. The number of carboxylic acids is 1. The number of hydrogen-bond donors (Lipinski definition) is 1. The summed E-state index contributed by atoms with van der Waals surface area (Å²) < 4.78 is 0. The molecule has 4 heteroatoms. The summed E-state index contributed by atoms with van der Waals surface area (Å²) in [6.45, 7) is 0. The van der Waals surface area contributed by atoms with E-state index < -0.39 is 5.97 Å². The van der Waals surface area contributed by atoms with Crippen LogP contribution in [0.25, 0.3) is 0 Å². The van der Waals surface area contributed by atoms with Crippen molar-refractivity contribution in [1.29, 1.82) is 0 Å². The zero-order chi connectivity index (χ0) is 7.98. The van der Waals surface area contributed by atoms with Crippen LogP contribution in [0, 0.1) is 0 Å². The molecule has 0 saturated heterocycles. The molecule has 0 heterocycles. The normalized spacial score (nSPS) is 10.9. The van der Waals surface area contributed by atoms with E-state index in [2.05, 4.69) is 15.9 Å². The predicted molar refractivity (Wildman–Crippen MR) is 39.8 cm³/mol. The Hall–Kier alpha value is -0.900. The van der Waals surface area contributed by atoms with Crippen LogP contribution in [0.4, 0.5) is 0 Å². The van der Waals surface area contributed by atoms with Gasteiger partial charge in [0, 0.05) is 6.08 Å². The molecule has 0 aliphatic heterocycles. The van der Waals surface area contributed by atoms with Crippen LogP contribution in [0.1, 0.15) is 0 Å². The van der Waals surface area contributed by atoms with Gasteiger partial charge in [0.25, 0.3) is 0 Å². The van der Waals surface area contributed by atoms with E-state index in [0.29, 0.717) is 0 Å². The quantitative estimate of drug-likeness (QED) is 0.702. The number of carbonyl (C=O) groups is 2. The first-order valence-corrected chi connectivity index (χ1v) is 3.30. The molecule has 0 aromatic carbocycles. The monoisotopic (exact) mass is 204 g/mol. The lowest BCUT2D eigenvalue weighted by molar-refractivity contribution is -0.131. The summed E-state index contributed by atoms with van der Waals surface area (Å²) in [4.78, 5) is 21.7. The Bertz CT molecular complexity index is 193. The summed E-state index contributed by atoms with van der Waals surface area (Å²) in [5.41, 5.74) is 0. The van der Waals surface area contributed by atoms with Gasteiger partial charge in [-0.15, -0.1) is 0 Å². The van der Waals surface area contributed by atoms with Crippen LogP contribution < -0.4 is 0 Å². The molecule has 0 aromatic rings. The van der Waals surface area contributed by atoms with Gasteiger partial charge in [0.2, 0.25) is 0 Å². The van der Waals surface area contributed by atoms with Gasteiger partial charge in [0.1, 0.15) is 0 Å². The van der Waals surface area contributed by atoms with Crippen molar-refractivity contribution in [2.24, 2.45) is 0 Å². The van der Waals surface area contributed by atoms with Crippen molar-refractivity contribution in [3.05, 3.63) is 23.2 Å². The molecule has 0 spiro atoms. The van der Waals surface area contributed by atoms with Gasteiger partial charge in [-0.25, -0.2) is 4.79 Å². The van der Waals surface area contributed by atoms with Crippen molar-refractivity contribution in [2.75, 3.05) is 0 Å². The number of halogens is 1. The summed E-state index contributed by atoms with van der Waals surface area (Å²) >= 11 is 2.87. The largest absolute Gasteiger partial charge is 0.478 e. The second kappa shape index (κ2) is 4.93. The molecule has 0 saturated carbocycles. The first kappa shape index (κ1) is 9.10. The van der Waals surface area contributed by atoms with Gasteiger partial charge in [-0.05, 0) is 17.1 Å². The molecule has 0 radical (unpaired) electrons. The Morgan fingerprint density at radius 1 is 1.20 bits per heavy atom. The van der Waals surface area contributed by atoms with Crippen molar-refractivity contribution in [3.63, 3.8) is 0 Å². The Morgan fingerprint density at radius 2 is 1.80 bits per heavy atom. The molecular formula is C6H5BrO3. The number of allylic oxidation sites excluding steroid dienone is 2. The number of carboxylic acid groups (broad SMARTS) is 1. The lowest BCUT2D eigenvalue weighted by atomic mass is 10.3. The molecule has 0 aliphatic rings. The van der Waals surface area contributed by atoms with E-state index in [9.17, 15) is 9.59 Å². The average molecular weight is 205 g/mol. The third kappa shape index (κ3) is 5.24. The van der Waals surface area contributed by atoms with Crippen molar-refractivity contribution < 1.29 is 14.7 Å². The van der Waals surface area contributed by atoms with Crippen molar-refractivity contribution in [2.45, 2.75) is 0 Å². The van der Waals surface area contributed by atoms with E-state index in [1.165, 1.54) is 11.1 Å². The molecule has 0 rings (SSSR count). The highest BCUT2D eigenvalue weighted by molar-refractivity contribution is 9.11. The molecule has 0 atom stereocenters. The van der Waals surface area contributed by atoms with E-state index in [4.69, 9.17) is 5.11 Å². The Labute approximate surface area is 66.2 Å². The highest BCUT2D eigenvalue weighted by Gasteiger charge is 1.89. The molecular weight excluding hydrogens is 200 g/mol. The van der Waals surface area contributed by atoms with Crippen LogP contribution in [-0.4, -0.2) is 16.9 Å². The molecule has 54 valence electrons. The smallest absolute Gasteiger partial charge is 0.328 e. The lowest BCUT2D eigenvalue weighted by Crippen LogP contribution is -1.90. The highest BCUT2D eigenvalue weighted by atomic mass is 79.9. The van der Waals surface area contributed by atoms with Crippen molar-refractivity contribution in [1.82, 2.24) is 0 Å². The molecule has 10 heavy (non-hydrogen) atoms. The Kier molecular flexibility index (Phi) is 4.49. The van der Waals surface area contributed by atoms with Crippen LogP contribution in [0.3, 0.4) is 0 Å². The zero-order valence-electron chi connectivity index (χ0n) is 4.95. The minimum atomic E-state index is -1.13. The minimum Gasteiger partial charge on any atom is -0.478 e. The second-order valence-electron chi connectivity index (χ2n) is 1.37. The summed E-state index contributed by atoms with van der Waals surface area (Å²) in [7, 11) is 0. The second-order valence-corrected chi connectivity index (χ2v) is 1.90. The van der Waals surface area contributed by atoms with Gasteiger partial charge in [-0.2, -0.15) is 0 Å². The SMILES string of the molecule is O=C(O)/C=C/C(=O)/C=C/Br. The molecule has 0 bridgehead atoms. The number of rotatable bonds is 3. The van der Waals surface area contributed by atoms with Gasteiger partial charge < -0.3 is 5.11 Å². The molecule has 0 aromatic heterocycles. The first-order valence-electron chi connectivity index (χ1n) is 2.38. The maximum Gasteiger partial charge on any atom is 0.328 e. The zero-order valence-corrected chi connectivity index (χ0v) is 6.54. The summed E-state index contributed by atoms with van der Waals surface area (Å²) in [6, 6.07) is 0. The van der Waals surface area contributed by atoms with Gasteiger partial charge in [0.05, 0.1) is 0 Å². The standard InChI is InChI=1S/C6H5BrO3/c7-4-3-5(8)1-2-6(9)10/h1-4H,(H,9,10)/b2-1+,4-3+. The maximum atomic E-state index is 10.5. The minimum absolute atomic E-state index is 0.362. The number of hydrogen-bond acceptors (Lipinski definition) is 2.